The molecule has 1 aliphatic rings. The van der Waals surface area contributed by atoms with Crippen molar-refractivity contribution in [3.05, 3.63) is 28.8 Å². The lowest BCUT2D eigenvalue weighted by Gasteiger charge is -2.28. The molecule has 1 amide bonds. The molecule has 2 rings (SSSR count). The number of amides is 1. The van der Waals surface area contributed by atoms with E-state index >= 15 is 0 Å². The number of hydrazine groups is 1. The Morgan fingerprint density at radius 2 is 2.26 bits per heavy atom. The third-order valence-electron chi connectivity index (χ3n) is 3.70. The van der Waals surface area contributed by atoms with Gasteiger partial charge in [0, 0.05) is 17.6 Å². The van der Waals surface area contributed by atoms with Crippen LogP contribution in [0.15, 0.2) is 18.2 Å². The summed E-state index contributed by atoms with van der Waals surface area (Å²) >= 11 is 5.98. The molecule has 0 saturated carbocycles. The van der Waals surface area contributed by atoms with Gasteiger partial charge in [-0.2, -0.15) is 0 Å². The fourth-order valence-corrected chi connectivity index (χ4v) is 2.88. The Morgan fingerprint density at radius 3 is 2.89 bits per heavy atom. The molecule has 1 aliphatic heterocycles. The van der Waals surface area contributed by atoms with Crippen molar-refractivity contribution in [2.24, 2.45) is 11.8 Å². The molecule has 1 saturated heterocycles. The van der Waals surface area contributed by atoms with Crippen LogP contribution in [0, 0.1) is 5.92 Å². The summed E-state index contributed by atoms with van der Waals surface area (Å²) in [4.78, 5) is 14.6. The predicted molar refractivity (Wildman–Crippen MR) is 78.2 cm³/mol. The summed E-state index contributed by atoms with van der Waals surface area (Å²) in [6.07, 6.45) is 2.12. The Labute approximate surface area is 118 Å². The van der Waals surface area contributed by atoms with Gasteiger partial charge in [0.1, 0.15) is 0 Å². The van der Waals surface area contributed by atoms with Crippen LogP contribution in [-0.4, -0.2) is 23.4 Å². The van der Waals surface area contributed by atoms with Gasteiger partial charge in [-0.3, -0.25) is 10.6 Å². The highest BCUT2D eigenvalue weighted by Gasteiger charge is 2.32. The number of nitrogens with two attached hydrogens (primary N) is 1. The van der Waals surface area contributed by atoms with Crippen LogP contribution in [0.1, 0.15) is 37.0 Å². The summed E-state index contributed by atoms with van der Waals surface area (Å²) < 4.78 is 0. The van der Waals surface area contributed by atoms with Crippen LogP contribution in [0.3, 0.4) is 0 Å². The zero-order chi connectivity index (χ0) is 14.0. The van der Waals surface area contributed by atoms with E-state index in [0.717, 1.165) is 19.4 Å². The van der Waals surface area contributed by atoms with Crippen molar-refractivity contribution in [3.8, 4) is 0 Å². The predicted octanol–water partition coefficient (Wildman–Crippen LogP) is 2.89. The number of rotatable bonds is 3. The van der Waals surface area contributed by atoms with Gasteiger partial charge >= 0.3 is 0 Å². The summed E-state index contributed by atoms with van der Waals surface area (Å²) in [6.45, 7) is 5.10. The van der Waals surface area contributed by atoms with Gasteiger partial charge in [-0.25, -0.2) is 0 Å². The topological polar surface area (TPSA) is 58.4 Å². The van der Waals surface area contributed by atoms with Gasteiger partial charge < -0.3 is 10.3 Å². The molecule has 4 nitrogen and oxygen atoms in total. The Hall–Kier alpha value is -1.26. The number of halogens is 1. The van der Waals surface area contributed by atoms with E-state index in [1.807, 2.05) is 4.90 Å². The van der Waals surface area contributed by atoms with Gasteiger partial charge in [0.25, 0.3) is 5.91 Å². The monoisotopic (exact) mass is 281 g/mol. The fourth-order valence-electron chi connectivity index (χ4n) is 2.71. The van der Waals surface area contributed by atoms with Crippen molar-refractivity contribution in [1.29, 1.82) is 0 Å². The van der Waals surface area contributed by atoms with Crippen LogP contribution in [0.2, 0.25) is 5.02 Å². The van der Waals surface area contributed by atoms with Crippen LogP contribution >= 0.6 is 11.6 Å². The normalized spacial score (nSPS) is 19.0. The minimum Gasteiger partial charge on any atom is -0.335 e. The van der Waals surface area contributed by atoms with Crippen LogP contribution in [-0.2, 0) is 0 Å². The van der Waals surface area contributed by atoms with Crippen molar-refractivity contribution >= 4 is 23.2 Å². The summed E-state index contributed by atoms with van der Waals surface area (Å²) in [5, 5.41) is 0.544. The molecular formula is C14H20ClN3O. The van der Waals surface area contributed by atoms with Crippen molar-refractivity contribution in [2.45, 2.75) is 32.7 Å². The maximum atomic E-state index is 12.7. The van der Waals surface area contributed by atoms with Crippen molar-refractivity contribution in [1.82, 2.24) is 4.90 Å². The molecule has 1 fully saturated rings. The molecule has 1 aromatic carbocycles. The van der Waals surface area contributed by atoms with Gasteiger partial charge in [-0.05, 0) is 37.0 Å². The molecule has 19 heavy (non-hydrogen) atoms. The van der Waals surface area contributed by atoms with Crippen LogP contribution in [0.4, 0.5) is 5.69 Å². The molecular weight excluding hydrogens is 262 g/mol. The molecule has 5 heteroatoms. The Balaban J connectivity index is 2.31. The molecule has 1 atom stereocenters. The highest BCUT2D eigenvalue weighted by molar-refractivity contribution is 6.31. The number of carbonyl (C=O) groups excluding carboxylic acids is 1. The maximum absolute atomic E-state index is 12.7. The lowest BCUT2D eigenvalue weighted by atomic mass is 10.0. The molecule has 1 aromatic rings. The molecule has 0 radical (unpaired) electrons. The third kappa shape index (κ3) is 2.85. The van der Waals surface area contributed by atoms with E-state index in [-0.39, 0.29) is 5.91 Å². The minimum atomic E-state index is 0.00616. The minimum absolute atomic E-state index is 0.00616. The quantitative estimate of drug-likeness (QED) is 0.662. The summed E-state index contributed by atoms with van der Waals surface area (Å²) in [7, 11) is 0. The molecule has 0 spiro atoms. The van der Waals surface area contributed by atoms with Gasteiger partial charge in [0.05, 0.1) is 11.3 Å². The van der Waals surface area contributed by atoms with E-state index in [1.165, 1.54) is 0 Å². The molecule has 0 bridgehead atoms. The third-order valence-corrected chi connectivity index (χ3v) is 3.93. The van der Waals surface area contributed by atoms with Crippen LogP contribution in [0.25, 0.3) is 0 Å². The number of nitrogens with zero attached hydrogens (tertiary/aromatic N) is 1. The van der Waals surface area contributed by atoms with Crippen LogP contribution in [0.5, 0.6) is 0 Å². The summed E-state index contributed by atoms with van der Waals surface area (Å²) in [6, 6.07) is 5.43. The summed E-state index contributed by atoms with van der Waals surface area (Å²) in [5.74, 6) is 5.93. The van der Waals surface area contributed by atoms with Gasteiger partial charge in [0.2, 0.25) is 0 Å². The standard InChI is InChI=1S/C14H20ClN3O/c1-9(2)13-4-3-7-18(13)14(19)11-8-10(15)5-6-12(11)17-16/h5-6,8-9,13,17H,3-4,7,16H2,1-2H3. The highest BCUT2D eigenvalue weighted by Crippen LogP contribution is 2.28. The average Bonchev–Trinajstić information content (AvgIpc) is 2.87. The lowest BCUT2D eigenvalue weighted by molar-refractivity contribution is 0.0702. The molecule has 3 N–H and O–H groups in total. The zero-order valence-corrected chi connectivity index (χ0v) is 12.1. The summed E-state index contributed by atoms with van der Waals surface area (Å²) in [5.41, 5.74) is 3.72. The second-order valence-electron chi connectivity index (χ2n) is 5.29. The highest BCUT2D eigenvalue weighted by atomic mass is 35.5. The second kappa shape index (κ2) is 5.80. The first-order valence-corrected chi connectivity index (χ1v) is 6.99. The zero-order valence-electron chi connectivity index (χ0n) is 11.3. The number of hydrogen-bond donors (Lipinski definition) is 2. The van der Waals surface area contributed by atoms with Crippen molar-refractivity contribution in [2.75, 3.05) is 12.0 Å². The molecule has 104 valence electrons. The Morgan fingerprint density at radius 1 is 1.53 bits per heavy atom. The maximum Gasteiger partial charge on any atom is 0.256 e. The molecule has 1 unspecified atom stereocenters. The second-order valence-corrected chi connectivity index (χ2v) is 5.72. The smallest absolute Gasteiger partial charge is 0.256 e. The Bertz CT molecular complexity index is 476. The molecule has 0 aromatic heterocycles. The lowest BCUT2D eigenvalue weighted by Crippen LogP contribution is -2.39. The Kier molecular flexibility index (Phi) is 4.32. The van der Waals surface area contributed by atoms with E-state index < -0.39 is 0 Å². The first kappa shape index (κ1) is 14.2. The van der Waals surface area contributed by atoms with E-state index in [9.17, 15) is 4.79 Å². The van der Waals surface area contributed by atoms with E-state index in [1.54, 1.807) is 18.2 Å². The SMILES string of the molecule is CC(C)C1CCCN1C(=O)c1cc(Cl)ccc1NN. The first-order valence-electron chi connectivity index (χ1n) is 6.61. The number of nitrogens with one attached hydrogen (secondary N) is 1. The number of nitrogen functional groups attached to an aromatic ring is 1. The molecule has 0 aliphatic carbocycles. The molecule has 1 heterocycles. The van der Waals surface area contributed by atoms with Crippen molar-refractivity contribution in [3.63, 3.8) is 0 Å². The largest absolute Gasteiger partial charge is 0.335 e. The van der Waals surface area contributed by atoms with E-state index in [0.29, 0.717) is 28.2 Å². The van der Waals surface area contributed by atoms with Crippen molar-refractivity contribution < 1.29 is 4.79 Å². The van der Waals surface area contributed by atoms with Gasteiger partial charge in [0.15, 0.2) is 0 Å². The number of benzene rings is 1. The fraction of sp³-hybridized carbons (Fsp3) is 0.500. The number of anilines is 1. The van der Waals surface area contributed by atoms with Gasteiger partial charge in [-0.15, -0.1) is 0 Å². The first-order chi connectivity index (χ1) is 9.04. The number of carbonyl (C=O) groups is 1. The number of hydrogen-bond acceptors (Lipinski definition) is 3. The average molecular weight is 282 g/mol. The van der Waals surface area contributed by atoms with Crippen LogP contribution < -0.4 is 11.3 Å². The van der Waals surface area contributed by atoms with E-state index in [4.69, 9.17) is 17.4 Å². The van der Waals surface area contributed by atoms with Gasteiger partial charge in [-0.1, -0.05) is 25.4 Å². The number of likely N-dealkylation sites (tertiary alicyclic amines) is 1. The van der Waals surface area contributed by atoms with E-state index in [2.05, 4.69) is 19.3 Å².